The van der Waals surface area contributed by atoms with Crippen LogP contribution in [-0.4, -0.2) is 24.8 Å². The molecule has 0 heterocycles. The summed E-state index contributed by atoms with van der Waals surface area (Å²) >= 11 is -2.44. The molecule has 25 heavy (non-hydrogen) atoms. The van der Waals surface area contributed by atoms with E-state index in [0.717, 1.165) is 12.1 Å². The number of hydrogen-bond acceptors (Lipinski definition) is 6. The number of para-hydroxylation sites is 1. The predicted octanol–water partition coefficient (Wildman–Crippen LogP) is 2.60. The summed E-state index contributed by atoms with van der Waals surface area (Å²) in [6, 6.07) is 8.95. The van der Waals surface area contributed by atoms with E-state index in [-0.39, 0.29) is 18.0 Å². The van der Waals surface area contributed by atoms with Crippen LogP contribution in [0.25, 0.3) is 0 Å². The summed E-state index contributed by atoms with van der Waals surface area (Å²) in [5.41, 5.74) is 0.441. The Morgan fingerprint density at radius 1 is 1.20 bits per heavy atom. The van der Waals surface area contributed by atoms with E-state index in [9.17, 15) is 24.2 Å². The van der Waals surface area contributed by atoms with Gasteiger partial charge in [0.2, 0.25) is 0 Å². The van der Waals surface area contributed by atoms with Gasteiger partial charge in [-0.3, -0.25) is 18.9 Å². The molecule has 0 bridgehead atoms. The third-order valence-electron chi connectivity index (χ3n) is 3.02. The Labute approximate surface area is 144 Å². The van der Waals surface area contributed by atoms with Gasteiger partial charge in [-0.2, -0.15) is 4.21 Å². The van der Waals surface area contributed by atoms with E-state index in [1.165, 1.54) is 6.07 Å². The summed E-state index contributed by atoms with van der Waals surface area (Å²) in [5.74, 6) is -0.461. The van der Waals surface area contributed by atoms with Gasteiger partial charge in [-0.1, -0.05) is 18.2 Å². The summed E-state index contributed by atoms with van der Waals surface area (Å²) in [6.07, 6.45) is 0. The van der Waals surface area contributed by atoms with E-state index in [4.69, 9.17) is 4.55 Å². The molecule has 10 nitrogen and oxygen atoms in total. The summed E-state index contributed by atoms with van der Waals surface area (Å²) in [4.78, 5) is 22.0. The number of non-ortho nitro benzene ring substituents is 1. The highest BCUT2D eigenvalue weighted by Crippen LogP contribution is 2.28. The molecule has 2 aromatic rings. The molecule has 0 aliphatic rings. The number of rotatable bonds is 6. The maximum Gasteiger partial charge on any atom is 0.323 e. The largest absolute Gasteiger partial charge is 0.506 e. The number of urea groups is 1. The SMILES string of the molecule is O=C(Nc1ccc([N+](=O)[O-])cc1O)Nc1ccccc1COS(=O)O. The Bertz CT molecular complexity index is 828. The number of carbonyl (C=O) groups excluding carboxylic acids is 1. The van der Waals surface area contributed by atoms with E-state index in [1.807, 2.05) is 0 Å². The van der Waals surface area contributed by atoms with Crippen molar-refractivity contribution in [2.75, 3.05) is 10.6 Å². The molecule has 2 rings (SSSR count). The van der Waals surface area contributed by atoms with Crippen LogP contribution < -0.4 is 10.6 Å². The highest BCUT2D eigenvalue weighted by Gasteiger charge is 2.13. The minimum Gasteiger partial charge on any atom is -0.506 e. The van der Waals surface area contributed by atoms with Gasteiger partial charge in [-0.15, -0.1) is 0 Å². The molecule has 0 spiro atoms. The Kier molecular flexibility index (Phi) is 6.00. The molecule has 2 aromatic carbocycles. The fourth-order valence-electron chi connectivity index (χ4n) is 1.90. The van der Waals surface area contributed by atoms with Gasteiger partial charge < -0.3 is 15.7 Å². The monoisotopic (exact) mass is 367 g/mol. The van der Waals surface area contributed by atoms with E-state index in [1.54, 1.807) is 24.3 Å². The number of anilines is 2. The topological polar surface area (TPSA) is 151 Å². The van der Waals surface area contributed by atoms with Gasteiger partial charge in [0.25, 0.3) is 5.69 Å². The lowest BCUT2D eigenvalue weighted by molar-refractivity contribution is -0.384. The van der Waals surface area contributed by atoms with Crippen LogP contribution in [0.5, 0.6) is 5.75 Å². The molecule has 1 atom stereocenters. The van der Waals surface area contributed by atoms with Gasteiger partial charge in [0.1, 0.15) is 5.75 Å². The maximum absolute atomic E-state index is 12.0. The number of nitro benzene ring substituents is 1. The molecule has 0 aromatic heterocycles. The molecule has 0 fully saturated rings. The fraction of sp³-hybridized carbons (Fsp3) is 0.0714. The van der Waals surface area contributed by atoms with E-state index < -0.39 is 28.1 Å². The van der Waals surface area contributed by atoms with Crippen LogP contribution in [0.15, 0.2) is 42.5 Å². The fourth-order valence-corrected chi connectivity index (χ4v) is 2.12. The third-order valence-corrected chi connectivity index (χ3v) is 3.34. The first-order valence-electron chi connectivity index (χ1n) is 6.74. The van der Waals surface area contributed by atoms with Gasteiger partial charge in [0, 0.05) is 17.3 Å². The molecule has 0 aliphatic heterocycles. The second-order valence-electron chi connectivity index (χ2n) is 4.67. The van der Waals surface area contributed by atoms with Crippen LogP contribution in [0.4, 0.5) is 21.9 Å². The van der Waals surface area contributed by atoms with Crippen molar-refractivity contribution in [1.29, 1.82) is 0 Å². The zero-order valence-corrected chi connectivity index (χ0v) is 13.4. The number of amides is 2. The summed E-state index contributed by atoms with van der Waals surface area (Å²) in [7, 11) is 0. The number of nitrogens with one attached hydrogen (secondary N) is 2. The Balaban J connectivity index is 2.08. The lowest BCUT2D eigenvalue weighted by Gasteiger charge is -2.12. The molecular formula is C14H13N3O7S. The molecule has 0 saturated heterocycles. The quantitative estimate of drug-likeness (QED) is 0.265. The lowest BCUT2D eigenvalue weighted by Crippen LogP contribution is -2.20. The predicted molar refractivity (Wildman–Crippen MR) is 89.4 cm³/mol. The highest BCUT2D eigenvalue weighted by molar-refractivity contribution is 7.74. The Morgan fingerprint density at radius 3 is 2.52 bits per heavy atom. The zero-order chi connectivity index (χ0) is 18.4. The molecular weight excluding hydrogens is 354 g/mol. The van der Waals surface area contributed by atoms with E-state index in [2.05, 4.69) is 14.8 Å². The van der Waals surface area contributed by atoms with Crippen molar-refractivity contribution in [2.24, 2.45) is 0 Å². The van der Waals surface area contributed by atoms with Crippen LogP contribution in [0.2, 0.25) is 0 Å². The normalized spacial score (nSPS) is 11.6. The van der Waals surface area contributed by atoms with E-state index in [0.29, 0.717) is 11.3 Å². The van der Waals surface area contributed by atoms with Crippen molar-refractivity contribution in [3.63, 3.8) is 0 Å². The molecule has 132 valence electrons. The van der Waals surface area contributed by atoms with Crippen LogP contribution >= 0.6 is 0 Å². The average Bonchev–Trinajstić information content (AvgIpc) is 2.55. The number of phenolic OH excluding ortho intramolecular Hbond substituents is 1. The Hall–Kier alpha value is -3.02. The summed E-state index contributed by atoms with van der Waals surface area (Å²) in [6.45, 7) is -0.206. The van der Waals surface area contributed by atoms with Gasteiger partial charge in [-0.05, 0) is 12.1 Å². The average molecular weight is 367 g/mol. The molecule has 4 N–H and O–H groups in total. The molecule has 0 radical (unpaired) electrons. The Morgan fingerprint density at radius 2 is 1.88 bits per heavy atom. The molecule has 2 amide bonds. The van der Waals surface area contributed by atoms with Crippen molar-refractivity contribution < 1.29 is 27.8 Å². The van der Waals surface area contributed by atoms with Crippen LogP contribution in [-0.2, 0) is 22.2 Å². The molecule has 0 saturated carbocycles. The molecule has 0 aliphatic carbocycles. The summed E-state index contributed by atoms with van der Waals surface area (Å²) < 4.78 is 23.8. The minimum atomic E-state index is -2.44. The summed E-state index contributed by atoms with van der Waals surface area (Å²) in [5, 5.41) is 25.2. The zero-order valence-electron chi connectivity index (χ0n) is 12.5. The number of aromatic hydroxyl groups is 1. The van der Waals surface area contributed by atoms with Gasteiger partial charge in [0.15, 0.2) is 0 Å². The van der Waals surface area contributed by atoms with Gasteiger partial charge in [-0.25, -0.2) is 4.79 Å². The van der Waals surface area contributed by atoms with Crippen molar-refractivity contribution in [3.8, 4) is 5.75 Å². The maximum atomic E-state index is 12.0. The first-order valence-corrected chi connectivity index (χ1v) is 7.77. The minimum absolute atomic E-state index is 0.0201. The lowest BCUT2D eigenvalue weighted by atomic mass is 10.2. The smallest absolute Gasteiger partial charge is 0.323 e. The van der Waals surface area contributed by atoms with Gasteiger partial charge >= 0.3 is 17.4 Å². The highest BCUT2D eigenvalue weighted by atomic mass is 32.2. The van der Waals surface area contributed by atoms with Crippen molar-refractivity contribution in [3.05, 3.63) is 58.1 Å². The number of nitro groups is 1. The van der Waals surface area contributed by atoms with Gasteiger partial charge in [0.05, 0.1) is 23.3 Å². The van der Waals surface area contributed by atoms with Crippen molar-refractivity contribution >= 4 is 34.5 Å². The number of carbonyl (C=O) groups is 1. The van der Waals surface area contributed by atoms with E-state index >= 15 is 0 Å². The number of nitrogens with zero attached hydrogens (tertiary/aromatic N) is 1. The first kappa shape index (κ1) is 18.3. The van der Waals surface area contributed by atoms with Crippen LogP contribution in [0.1, 0.15) is 5.56 Å². The van der Waals surface area contributed by atoms with Crippen molar-refractivity contribution in [2.45, 2.75) is 6.61 Å². The van der Waals surface area contributed by atoms with Crippen LogP contribution in [0, 0.1) is 10.1 Å². The number of phenols is 1. The first-order chi connectivity index (χ1) is 11.9. The second kappa shape index (κ2) is 8.19. The number of benzene rings is 2. The molecule has 1 unspecified atom stereocenters. The van der Waals surface area contributed by atoms with Crippen molar-refractivity contribution in [1.82, 2.24) is 0 Å². The number of hydrogen-bond donors (Lipinski definition) is 4. The second-order valence-corrected chi connectivity index (χ2v) is 5.34. The molecule has 11 heteroatoms. The standard InChI is InChI=1S/C14H13N3O7S/c18-13-7-10(17(20)21)5-6-12(13)16-14(19)15-11-4-2-1-3-9(11)8-24-25(22)23/h1-7,18H,8H2,(H,22,23)(H2,15,16,19). The third kappa shape index (κ3) is 5.24. The van der Waals surface area contributed by atoms with Crippen LogP contribution in [0.3, 0.4) is 0 Å².